The number of hydrogen-bond acceptors (Lipinski definition) is 3. The molecule has 4 nitrogen and oxygen atoms in total. The van der Waals surface area contributed by atoms with Gasteiger partial charge in [0.1, 0.15) is 5.75 Å². The van der Waals surface area contributed by atoms with Crippen LogP contribution in [0.15, 0.2) is 24.3 Å². The SMILES string of the molecule is NCCC1COc2ccccc2NC1=O. The lowest BCUT2D eigenvalue weighted by Gasteiger charge is -2.10. The van der Waals surface area contributed by atoms with Crippen molar-refractivity contribution in [2.45, 2.75) is 6.42 Å². The molecule has 2 rings (SSSR count). The number of nitrogens with two attached hydrogens (primary N) is 1. The topological polar surface area (TPSA) is 64.3 Å². The standard InChI is InChI=1S/C11H14N2O2/c12-6-5-8-7-15-10-4-2-1-3-9(10)13-11(8)14/h1-4,8H,5-7,12H2,(H,13,14). The van der Waals surface area contributed by atoms with Gasteiger partial charge in [0.15, 0.2) is 0 Å². The zero-order chi connectivity index (χ0) is 10.7. The molecule has 1 aliphatic rings. The Morgan fingerprint density at radius 3 is 3.07 bits per heavy atom. The van der Waals surface area contributed by atoms with Crippen molar-refractivity contribution >= 4 is 11.6 Å². The number of nitrogens with one attached hydrogen (secondary N) is 1. The molecule has 4 heteroatoms. The van der Waals surface area contributed by atoms with Crippen molar-refractivity contribution in [3.05, 3.63) is 24.3 Å². The van der Waals surface area contributed by atoms with Crippen LogP contribution in [-0.2, 0) is 4.79 Å². The van der Waals surface area contributed by atoms with Crippen LogP contribution in [0.4, 0.5) is 5.69 Å². The van der Waals surface area contributed by atoms with Gasteiger partial charge in [-0.1, -0.05) is 12.1 Å². The third-order valence-corrected chi connectivity index (χ3v) is 2.47. The Labute approximate surface area is 88.4 Å². The van der Waals surface area contributed by atoms with Gasteiger partial charge in [-0.05, 0) is 25.1 Å². The summed E-state index contributed by atoms with van der Waals surface area (Å²) < 4.78 is 5.55. The average Bonchev–Trinajstić information content (AvgIpc) is 2.40. The van der Waals surface area contributed by atoms with Crippen LogP contribution in [0.25, 0.3) is 0 Å². The maximum absolute atomic E-state index is 11.7. The lowest BCUT2D eigenvalue weighted by Crippen LogP contribution is -2.27. The number of carbonyl (C=O) groups is 1. The summed E-state index contributed by atoms with van der Waals surface area (Å²) in [6.07, 6.45) is 0.653. The summed E-state index contributed by atoms with van der Waals surface area (Å²) in [5, 5.41) is 2.84. The molecule has 0 bridgehead atoms. The smallest absolute Gasteiger partial charge is 0.231 e. The zero-order valence-electron chi connectivity index (χ0n) is 8.40. The van der Waals surface area contributed by atoms with E-state index in [1.165, 1.54) is 0 Å². The van der Waals surface area contributed by atoms with Gasteiger partial charge in [-0.25, -0.2) is 0 Å². The normalized spacial score (nSPS) is 19.8. The Balaban J connectivity index is 2.19. The third kappa shape index (κ3) is 2.10. The van der Waals surface area contributed by atoms with Crippen molar-refractivity contribution in [1.29, 1.82) is 0 Å². The molecule has 15 heavy (non-hydrogen) atoms. The van der Waals surface area contributed by atoms with E-state index in [2.05, 4.69) is 5.32 Å². The van der Waals surface area contributed by atoms with Crippen LogP contribution >= 0.6 is 0 Å². The fraction of sp³-hybridized carbons (Fsp3) is 0.364. The molecule has 0 spiro atoms. The van der Waals surface area contributed by atoms with E-state index in [0.717, 1.165) is 11.4 Å². The number of anilines is 1. The number of fused-ring (bicyclic) bond motifs is 1. The second-order valence-electron chi connectivity index (χ2n) is 3.57. The van der Waals surface area contributed by atoms with E-state index in [1.807, 2.05) is 24.3 Å². The molecule has 1 aromatic carbocycles. The van der Waals surface area contributed by atoms with Crippen LogP contribution in [0.2, 0.25) is 0 Å². The van der Waals surface area contributed by atoms with Crippen molar-refractivity contribution in [3.63, 3.8) is 0 Å². The number of amides is 1. The molecule has 1 aliphatic heterocycles. The van der Waals surface area contributed by atoms with Crippen LogP contribution in [0, 0.1) is 5.92 Å². The lowest BCUT2D eigenvalue weighted by atomic mass is 10.1. The minimum absolute atomic E-state index is 0.00889. The highest BCUT2D eigenvalue weighted by atomic mass is 16.5. The molecule has 1 aromatic rings. The Morgan fingerprint density at radius 1 is 1.47 bits per heavy atom. The summed E-state index contributed by atoms with van der Waals surface area (Å²) in [4.78, 5) is 11.7. The van der Waals surface area contributed by atoms with Gasteiger partial charge in [0, 0.05) is 0 Å². The Morgan fingerprint density at radius 2 is 2.27 bits per heavy atom. The van der Waals surface area contributed by atoms with E-state index >= 15 is 0 Å². The molecule has 1 atom stereocenters. The molecule has 1 heterocycles. The number of rotatable bonds is 2. The molecule has 0 aliphatic carbocycles. The quantitative estimate of drug-likeness (QED) is 0.758. The minimum atomic E-state index is -0.151. The fourth-order valence-electron chi connectivity index (χ4n) is 1.61. The molecular formula is C11H14N2O2. The summed E-state index contributed by atoms with van der Waals surface area (Å²) >= 11 is 0. The van der Waals surface area contributed by atoms with Gasteiger partial charge in [0.05, 0.1) is 18.2 Å². The van der Waals surface area contributed by atoms with E-state index in [1.54, 1.807) is 0 Å². The van der Waals surface area contributed by atoms with Gasteiger partial charge in [-0.15, -0.1) is 0 Å². The van der Waals surface area contributed by atoms with Gasteiger partial charge in [0.25, 0.3) is 0 Å². The molecule has 3 N–H and O–H groups in total. The minimum Gasteiger partial charge on any atom is -0.491 e. The fourth-order valence-corrected chi connectivity index (χ4v) is 1.61. The van der Waals surface area contributed by atoms with E-state index in [4.69, 9.17) is 10.5 Å². The van der Waals surface area contributed by atoms with Crippen LogP contribution in [0.5, 0.6) is 5.75 Å². The highest BCUT2D eigenvalue weighted by Crippen LogP contribution is 2.27. The molecule has 0 saturated carbocycles. The van der Waals surface area contributed by atoms with Crippen LogP contribution in [0.1, 0.15) is 6.42 Å². The maximum atomic E-state index is 11.7. The van der Waals surface area contributed by atoms with Gasteiger partial charge in [-0.2, -0.15) is 0 Å². The van der Waals surface area contributed by atoms with Crippen LogP contribution in [0.3, 0.4) is 0 Å². The summed E-state index contributed by atoms with van der Waals surface area (Å²) in [5.41, 5.74) is 6.18. The van der Waals surface area contributed by atoms with Crippen molar-refractivity contribution in [1.82, 2.24) is 0 Å². The van der Waals surface area contributed by atoms with E-state index in [9.17, 15) is 4.79 Å². The summed E-state index contributed by atoms with van der Waals surface area (Å²) in [6.45, 7) is 0.901. The highest BCUT2D eigenvalue weighted by molar-refractivity contribution is 5.94. The zero-order valence-corrected chi connectivity index (χ0v) is 8.40. The number of carbonyl (C=O) groups excluding carboxylic acids is 1. The Hall–Kier alpha value is -1.55. The molecular weight excluding hydrogens is 192 g/mol. The van der Waals surface area contributed by atoms with Crippen molar-refractivity contribution in [2.24, 2.45) is 11.7 Å². The van der Waals surface area contributed by atoms with Crippen molar-refractivity contribution in [3.8, 4) is 5.75 Å². The summed E-state index contributed by atoms with van der Waals surface area (Å²) in [7, 11) is 0. The number of benzene rings is 1. The molecule has 80 valence electrons. The number of ether oxygens (including phenoxy) is 1. The predicted octanol–water partition coefficient (Wildman–Crippen LogP) is 0.983. The van der Waals surface area contributed by atoms with Crippen molar-refractivity contribution < 1.29 is 9.53 Å². The van der Waals surface area contributed by atoms with Gasteiger partial charge in [-0.3, -0.25) is 4.79 Å². The van der Waals surface area contributed by atoms with Gasteiger partial charge >= 0.3 is 0 Å². The second kappa shape index (κ2) is 4.31. The van der Waals surface area contributed by atoms with E-state index < -0.39 is 0 Å². The average molecular weight is 206 g/mol. The third-order valence-electron chi connectivity index (χ3n) is 2.47. The van der Waals surface area contributed by atoms with Gasteiger partial charge < -0.3 is 15.8 Å². The molecule has 1 unspecified atom stereocenters. The van der Waals surface area contributed by atoms with E-state index in [0.29, 0.717) is 19.6 Å². The van der Waals surface area contributed by atoms with Crippen LogP contribution in [-0.4, -0.2) is 19.1 Å². The Bertz CT molecular complexity index is 365. The maximum Gasteiger partial charge on any atom is 0.231 e. The van der Waals surface area contributed by atoms with Gasteiger partial charge in [0.2, 0.25) is 5.91 Å². The first kappa shape index (κ1) is 9.98. The largest absolute Gasteiger partial charge is 0.491 e. The summed E-state index contributed by atoms with van der Waals surface area (Å²) in [6, 6.07) is 7.43. The second-order valence-corrected chi connectivity index (χ2v) is 3.57. The first-order valence-corrected chi connectivity index (χ1v) is 5.04. The molecule has 0 saturated heterocycles. The highest BCUT2D eigenvalue weighted by Gasteiger charge is 2.23. The predicted molar refractivity (Wildman–Crippen MR) is 57.7 cm³/mol. The lowest BCUT2D eigenvalue weighted by molar-refractivity contribution is -0.120. The summed E-state index contributed by atoms with van der Waals surface area (Å²) in [5.74, 6) is 0.568. The number of hydrogen-bond donors (Lipinski definition) is 2. The van der Waals surface area contributed by atoms with E-state index in [-0.39, 0.29) is 11.8 Å². The first-order valence-electron chi connectivity index (χ1n) is 5.04. The van der Waals surface area contributed by atoms with Crippen LogP contribution < -0.4 is 15.8 Å². The molecule has 0 fully saturated rings. The molecule has 0 radical (unpaired) electrons. The number of para-hydroxylation sites is 2. The van der Waals surface area contributed by atoms with Crippen molar-refractivity contribution in [2.75, 3.05) is 18.5 Å². The monoisotopic (exact) mass is 206 g/mol. The molecule has 1 amide bonds. The Kier molecular flexibility index (Phi) is 2.87. The first-order chi connectivity index (χ1) is 7.31. The molecule has 0 aromatic heterocycles.